The van der Waals surface area contributed by atoms with E-state index in [9.17, 15) is 27.6 Å². The first-order valence-corrected chi connectivity index (χ1v) is 11.2. The molecule has 1 aliphatic heterocycles. The Bertz CT molecular complexity index is 1320. The monoisotopic (exact) mass is 520 g/mol. The molecule has 1 aliphatic rings. The smallest absolute Gasteiger partial charge is 0.255 e. The van der Waals surface area contributed by atoms with Crippen LogP contribution < -0.4 is 16.2 Å². The van der Waals surface area contributed by atoms with Gasteiger partial charge in [0.1, 0.15) is 5.82 Å². The number of likely N-dealkylation sites (tertiary alicyclic amines) is 1. The lowest BCUT2D eigenvalue weighted by molar-refractivity contribution is -0.127. The maximum atomic E-state index is 14.8. The highest BCUT2D eigenvalue weighted by atomic mass is 35.5. The van der Waals surface area contributed by atoms with Crippen LogP contribution in [-0.4, -0.2) is 57.5 Å². The average molecular weight is 521 g/mol. The Balaban J connectivity index is 1.52. The third-order valence-electron chi connectivity index (χ3n) is 5.66. The van der Waals surface area contributed by atoms with Crippen molar-refractivity contribution in [1.29, 1.82) is 0 Å². The van der Waals surface area contributed by atoms with Gasteiger partial charge in [-0.15, -0.1) is 10.2 Å². The van der Waals surface area contributed by atoms with Crippen LogP contribution in [-0.2, 0) is 9.59 Å². The number of aromatic nitrogens is 3. The lowest BCUT2D eigenvalue weighted by atomic mass is 9.94. The van der Waals surface area contributed by atoms with E-state index in [1.165, 1.54) is 46.0 Å². The van der Waals surface area contributed by atoms with Crippen molar-refractivity contribution >= 4 is 34.9 Å². The number of anilines is 2. The summed E-state index contributed by atoms with van der Waals surface area (Å²) in [7, 11) is 0. The third-order valence-corrected chi connectivity index (χ3v) is 5.86. The molecule has 9 nitrogen and oxygen atoms in total. The quantitative estimate of drug-likeness (QED) is 0.496. The number of pyridine rings is 1. The minimum absolute atomic E-state index is 0.0775. The fourth-order valence-corrected chi connectivity index (χ4v) is 4.08. The van der Waals surface area contributed by atoms with Crippen LogP contribution in [0.2, 0.25) is 5.15 Å². The van der Waals surface area contributed by atoms with Gasteiger partial charge in [-0.05, 0) is 30.3 Å². The molecule has 188 valence electrons. The van der Waals surface area contributed by atoms with Gasteiger partial charge in [-0.25, -0.2) is 13.2 Å². The molecule has 1 aromatic carbocycles. The van der Waals surface area contributed by atoms with E-state index in [0.717, 1.165) is 6.07 Å². The Hall–Kier alpha value is -3.77. The molecule has 2 amide bonds. The van der Waals surface area contributed by atoms with Gasteiger partial charge in [-0.3, -0.25) is 23.9 Å². The summed E-state index contributed by atoms with van der Waals surface area (Å²) < 4.78 is 42.0. The summed E-state index contributed by atoms with van der Waals surface area (Å²) in [5, 5.41) is 12.4. The van der Waals surface area contributed by atoms with Crippen molar-refractivity contribution in [3.8, 4) is 5.69 Å². The summed E-state index contributed by atoms with van der Waals surface area (Å²) in [6.45, 7) is -0.851. The average Bonchev–Trinajstić information content (AvgIpc) is 3.25. The maximum Gasteiger partial charge on any atom is 0.255 e. The Labute approximate surface area is 207 Å². The van der Waals surface area contributed by atoms with Gasteiger partial charge in [0.25, 0.3) is 12.0 Å². The summed E-state index contributed by atoms with van der Waals surface area (Å²) in [6.07, 6.45) is -1.19. The first kappa shape index (κ1) is 25.3. The van der Waals surface area contributed by atoms with E-state index in [0.29, 0.717) is 0 Å². The predicted molar refractivity (Wildman–Crippen MR) is 126 cm³/mol. The molecule has 36 heavy (non-hydrogen) atoms. The molecular formula is C23H20ClF3N6O3. The number of carbonyl (C=O) groups excluding carboxylic acids is 2. The van der Waals surface area contributed by atoms with Crippen molar-refractivity contribution in [2.45, 2.75) is 6.43 Å². The second kappa shape index (κ2) is 10.9. The van der Waals surface area contributed by atoms with Gasteiger partial charge in [0, 0.05) is 31.4 Å². The van der Waals surface area contributed by atoms with Crippen molar-refractivity contribution in [3.05, 3.63) is 76.1 Å². The zero-order valence-electron chi connectivity index (χ0n) is 18.6. The zero-order chi connectivity index (χ0) is 25.8. The number of rotatable bonds is 7. The normalized spacial score (nSPS) is 17.8. The number of nitrogens with one attached hydrogen (secondary N) is 2. The van der Waals surface area contributed by atoms with Gasteiger partial charge in [0.2, 0.25) is 11.8 Å². The molecule has 3 heterocycles. The summed E-state index contributed by atoms with van der Waals surface area (Å²) in [4.78, 5) is 39.2. The molecule has 1 fully saturated rings. The predicted octanol–water partition coefficient (Wildman–Crippen LogP) is 2.81. The minimum Gasteiger partial charge on any atom is -0.323 e. The van der Waals surface area contributed by atoms with Crippen molar-refractivity contribution in [2.75, 3.05) is 30.3 Å². The number of benzene rings is 1. The van der Waals surface area contributed by atoms with E-state index in [4.69, 9.17) is 11.6 Å². The highest BCUT2D eigenvalue weighted by Gasteiger charge is 2.42. The van der Waals surface area contributed by atoms with Crippen LogP contribution in [0.5, 0.6) is 0 Å². The van der Waals surface area contributed by atoms with E-state index in [1.54, 1.807) is 12.1 Å². The Morgan fingerprint density at radius 3 is 2.36 bits per heavy atom. The van der Waals surface area contributed by atoms with E-state index in [2.05, 4.69) is 20.8 Å². The number of hydrogen-bond donors (Lipinski definition) is 2. The fourth-order valence-electron chi connectivity index (χ4n) is 3.98. The molecule has 13 heteroatoms. The maximum absolute atomic E-state index is 14.8. The molecule has 3 aromatic rings. The number of halogens is 4. The summed E-state index contributed by atoms with van der Waals surface area (Å²) in [6, 6.07) is 11.1. The SMILES string of the molecule is O=C(Nc1ccc(Cl)nn1)[C@H]1CN(CC(F)F)C[C@@H]1C(=O)Nc1ccc(-n2ccccc2=O)cc1F. The largest absolute Gasteiger partial charge is 0.323 e. The molecule has 0 radical (unpaired) electrons. The number of hydrogen-bond acceptors (Lipinski definition) is 6. The second-order valence-corrected chi connectivity index (χ2v) is 8.50. The van der Waals surface area contributed by atoms with Crippen LogP contribution in [0.1, 0.15) is 0 Å². The van der Waals surface area contributed by atoms with E-state index in [-0.39, 0.29) is 41.0 Å². The van der Waals surface area contributed by atoms with Gasteiger partial charge < -0.3 is 10.6 Å². The van der Waals surface area contributed by atoms with E-state index in [1.807, 2.05) is 0 Å². The van der Waals surface area contributed by atoms with Gasteiger partial charge in [-0.2, -0.15) is 0 Å². The van der Waals surface area contributed by atoms with Crippen molar-refractivity contribution in [2.24, 2.45) is 11.8 Å². The van der Waals surface area contributed by atoms with Gasteiger partial charge in [-0.1, -0.05) is 17.7 Å². The van der Waals surface area contributed by atoms with Gasteiger partial charge in [0.05, 0.1) is 29.8 Å². The molecule has 0 spiro atoms. The molecule has 1 saturated heterocycles. The van der Waals surface area contributed by atoms with Crippen LogP contribution >= 0.6 is 11.6 Å². The van der Waals surface area contributed by atoms with Gasteiger partial charge >= 0.3 is 0 Å². The van der Waals surface area contributed by atoms with Gasteiger partial charge in [0.15, 0.2) is 11.0 Å². The fraction of sp³-hybridized carbons (Fsp3) is 0.261. The van der Waals surface area contributed by atoms with Crippen molar-refractivity contribution in [3.63, 3.8) is 0 Å². The van der Waals surface area contributed by atoms with Crippen LogP contribution in [0.25, 0.3) is 5.69 Å². The van der Waals surface area contributed by atoms with Crippen LogP contribution in [0.15, 0.2) is 59.5 Å². The first-order valence-electron chi connectivity index (χ1n) is 10.8. The van der Waals surface area contributed by atoms with Crippen LogP contribution in [0, 0.1) is 17.7 Å². The molecule has 0 aliphatic carbocycles. The minimum atomic E-state index is -2.66. The standard InChI is InChI=1S/C23H20ClF3N6O3/c24-18-6-7-20(31-30-18)29-23(36)15-11-32(12-19(26)27)10-14(15)22(35)28-17-5-4-13(9-16(17)25)33-8-2-1-3-21(33)34/h1-9,14-15,19H,10-12H2,(H,28,35)(H,29,31,36)/t14-,15-/m0/s1. The molecule has 2 atom stereocenters. The van der Waals surface area contributed by atoms with E-state index >= 15 is 0 Å². The lowest BCUT2D eigenvalue weighted by Gasteiger charge is -2.18. The third kappa shape index (κ3) is 5.89. The summed E-state index contributed by atoms with van der Waals surface area (Å²) in [5.41, 5.74) is -0.290. The Morgan fingerprint density at radius 1 is 1.03 bits per heavy atom. The summed E-state index contributed by atoms with van der Waals surface area (Å²) in [5.74, 6) is -4.11. The Kier molecular flexibility index (Phi) is 7.65. The number of alkyl halides is 2. The zero-order valence-corrected chi connectivity index (χ0v) is 19.3. The molecule has 2 N–H and O–H groups in total. The molecule has 0 bridgehead atoms. The van der Waals surface area contributed by atoms with Crippen molar-refractivity contribution in [1.82, 2.24) is 19.7 Å². The second-order valence-electron chi connectivity index (χ2n) is 8.12. The number of nitrogens with zero attached hydrogens (tertiary/aromatic N) is 4. The summed E-state index contributed by atoms with van der Waals surface area (Å²) >= 11 is 5.69. The number of carbonyl (C=O) groups is 2. The molecule has 2 aromatic heterocycles. The topological polar surface area (TPSA) is 109 Å². The lowest BCUT2D eigenvalue weighted by Crippen LogP contribution is -2.36. The Morgan fingerprint density at radius 2 is 1.75 bits per heavy atom. The number of amides is 2. The highest BCUT2D eigenvalue weighted by molar-refractivity contribution is 6.29. The molecular weight excluding hydrogens is 501 g/mol. The molecule has 0 unspecified atom stereocenters. The van der Waals surface area contributed by atoms with Crippen LogP contribution in [0.3, 0.4) is 0 Å². The highest BCUT2D eigenvalue weighted by Crippen LogP contribution is 2.28. The molecule has 4 rings (SSSR count). The first-order chi connectivity index (χ1) is 17.2. The van der Waals surface area contributed by atoms with Crippen LogP contribution in [0.4, 0.5) is 24.7 Å². The van der Waals surface area contributed by atoms with E-state index < -0.39 is 42.4 Å². The van der Waals surface area contributed by atoms with Crippen molar-refractivity contribution < 1.29 is 22.8 Å². The molecule has 0 saturated carbocycles.